The Morgan fingerprint density at radius 2 is 2.11 bits per heavy atom. The minimum absolute atomic E-state index is 0.141. The third-order valence-corrected chi connectivity index (χ3v) is 3.06. The number of azo groups is 1. The van der Waals surface area contributed by atoms with Crippen LogP contribution in [0.25, 0.3) is 10.9 Å². The lowest BCUT2D eigenvalue weighted by atomic mass is 10.2. The predicted molar refractivity (Wildman–Crippen MR) is 69.7 cm³/mol. The molecule has 0 fully saturated rings. The first-order valence-electron chi connectivity index (χ1n) is 5.21. The molecule has 18 heavy (non-hydrogen) atoms. The second kappa shape index (κ2) is 4.50. The van der Waals surface area contributed by atoms with Crippen molar-refractivity contribution in [2.45, 2.75) is 0 Å². The number of aromatic nitrogens is 2. The average molecular weight is 256 g/mol. The van der Waals surface area contributed by atoms with Gasteiger partial charge < -0.3 is 5.11 Å². The number of pyridine rings is 1. The Labute approximate surface area is 106 Å². The number of thiazole rings is 1. The van der Waals surface area contributed by atoms with Crippen molar-refractivity contribution in [1.82, 2.24) is 9.97 Å². The quantitative estimate of drug-likeness (QED) is 0.708. The fourth-order valence-corrected chi connectivity index (χ4v) is 2.03. The molecule has 0 saturated carbocycles. The summed E-state index contributed by atoms with van der Waals surface area (Å²) in [6, 6.07) is 6.93. The van der Waals surface area contributed by atoms with Crippen LogP contribution in [-0.4, -0.2) is 15.1 Å². The maximum Gasteiger partial charge on any atom is 0.158 e. The molecule has 0 atom stereocenters. The Morgan fingerprint density at radius 1 is 1.17 bits per heavy atom. The van der Waals surface area contributed by atoms with E-state index in [9.17, 15) is 5.11 Å². The highest BCUT2D eigenvalue weighted by Gasteiger charge is 2.05. The third-order valence-electron chi connectivity index (χ3n) is 2.40. The van der Waals surface area contributed by atoms with Gasteiger partial charge in [0, 0.05) is 11.6 Å². The number of nitrogens with zero attached hydrogens (tertiary/aromatic N) is 4. The van der Waals surface area contributed by atoms with Crippen molar-refractivity contribution in [1.29, 1.82) is 0 Å². The molecule has 3 rings (SSSR count). The second-order valence-electron chi connectivity index (χ2n) is 3.54. The second-order valence-corrected chi connectivity index (χ2v) is 4.41. The lowest BCUT2D eigenvalue weighted by molar-refractivity contribution is 0.480. The van der Waals surface area contributed by atoms with Crippen molar-refractivity contribution >= 4 is 32.9 Å². The number of phenols is 1. The minimum Gasteiger partial charge on any atom is -0.506 e. The number of hydrogen-bond acceptors (Lipinski definition) is 6. The van der Waals surface area contributed by atoms with Gasteiger partial charge in [-0.25, -0.2) is 0 Å². The molecule has 1 aromatic carbocycles. The van der Waals surface area contributed by atoms with E-state index in [4.69, 9.17) is 0 Å². The molecule has 2 heterocycles. The lowest BCUT2D eigenvalue weighted by Crippen LogP contribution is -1.78. The van der Waals surface area contributed by atoms with Gasteiger partial charge in [-0.15, -0.1) is 21.6 Å². The van der Waals surface area contributed by atoms with Crippen molar-refractivity contribution in [3.05, 3.63) is 42.2 Å². The maximum absolute atomic E-state index is 9.71. The first-order chi connectivity index (χ1) is 8.84. The van der Waals surface area contributed by atoms with Crippen LogP contribution in [0.2, 0.25) is 0 Å². The van der Waals surface area contributed by atoms with E-state index in [1.165, 1.54) is 11.3 Å². The number of aromatic hydroxyl groups is 1. The smallest absolute Gasteiger partial charge is 0.158 e. The maximum atomic E-state index is 9.71. The van der Waals surface area contributed by atoms with Crippen LogP contribution in [0.4, 0.5) is 10.7 Å². The molecule has 1 N–H and O–H groups in total. The van der Waals surface area contributed by atoms with E-state index < -0.39 is 0 Å². The van der Waals surface area contributed by atoms with Crippen LogP contribution in [0, 0.1) is 0 Å². The van der Waals surface area contributed by atoms with Gasteiger partial charge in [0.1, 0.15) is 11.3 Å². The van der Waals surface area contributed by atoms with Crippen molar-refractivity contribution in [2.24, 2.45) is 10.2 Å². The SMILES string of the molecule is Oc1ccc(N=Nc2cncs2)c2cccnc12. The van der Waals surface area contributed by atoms with Crippen molar-refractivity contribution in [3.63, 3.8) is 0 Å². The molecule has 88 valence electrons. The van der Waals surface area contributed by atoms with Gasteiger partial charge >= 0.3 is 0 Å². The van der Waals surface area contributed by atoms with E-state index in [1.54, 1.807) is 36.1 Å². The molecule has 3 aromatic rings. The van der Waals surface area contributed by atoms with Crippen molar-refractivity contribution < 1.29 is 5.11 Å². The average Bonchev–Trinajstić information content (AvgIpc) is 2.92. The van der Waals surface area contributed by atoms with E-state index in [0.29, 0.717) is 11.2 Å². The molecule has 0 aliphatic carbocycles. The zero-order chi connectivity index (χ0) is 12.4. The van der Waals surface area contributed by atoms with Crippen LogP contribution in [0.5, 0.6) is 5.75 Å². The van der Waals surface area contributed by atoms with Crippen LogP contribution < -0.4 is 0 Å². The number of benzene rings is 1. The first-order valence-corrected chi connectivity index (χ1v) is 6.09. The number of rotatable bonds is 2. The van der Waals surface area contributed by atoms with Gasteiger partial charge in [0.2, 0.25) is 0 Å². The normalized spacial score (nSPS) is 11.3. The number of fused-ring (bicyclic) bond motifs is 1. The summed E-state index contributed by atoms with van der Waals surface area (Å²) in [5, 5.41) is 19.5. The van der Waals surface area contributed by atoms with E-state index in [-0.39, 0.29) is 5.75 Å². The molecule has 0 amide bonds. The monoisotopic (exact) mass is 256 g/mol. The fraction of sp³-hybridized carbons (Fsp3) is 0. The number of hydrogen-bond donors (Lipinski definition) is 1. The Hall–Kier alpha value is -2.34. The van der Waals surface area contributed by atoms with Gasteiger partial charge in [-0.3, -0.25) is 9.97 Å². The Bertz CT molecular complexity index is 709. The summed E-state index contributed by atoms with van der Waals surface area (Å²) in [5.41, 5.74) is 2.90. The van der Waals surface area contributed by atoms with E-state index in [1.807, 2.05) is 6.07 Å². The zero-order valence-electron chi connectivity index (χ0n) is 9.19. The summed E-state index contributed by atoms with van der Waals surface area (Å²) in [6.07, 6.45) is 3.28. The highest BCUT2D eigenvalue weighted by atomic mass is 32.1. The van der Waals surface area contributed by atoms with E-state index >= 15 is 0 Å². The molecule has 0 aliphatic heterocycles. The first kappa shape index (κ1) is 10.8. The van der Waals surface area contributed by atoms with Gasteiger partial charge in [0.25, 0.3) is 0 Å². The summed E-state index contributed by atoms with van der Waals surface area (Å²) >= 11 is 1.41. The van der Waals surface area contributed by atoms with Crippen LogP contribution >= 0.6 is 11.3 Å². The van der Waals surface area contributed by atoms with Crippen LogP contribution in [-0.2, 0) is 0 Å². The Kier molecular flexibility index (Phi) is 2.70. The van der Waals surface area contributed by atoms with Crippen LogP contribution in [0.3, 0.4) is 0 Å². The predicted octanol–water partition coefficient (Wildman–Crippen LogP) is 3.81. The molecular weight excluding hydrogens is 248 g/mol. The molecule has 0 saturated heterocycles. The summed E-state index contributed by atoms with van der Waals surface area (Å²) < 4.78 is 0. The summed E-state index contributed by atoms with van der Waals surface area (Å²) in [5.74, 6) is 0.141. The third kappa shape index (κ3) is 1.93. The largest absolute Gasteiger partial charge is 0.506 e. The van der Waals surface area contributed by atoms with Gasteiger partial charge in [-0.1, -0.05) is 0 Å². The van der Waals surface area contributed by atoms with E-state index in [2.05, 4.69) is 20.2 Å². The summed E-state index contributed by atoms with van der Waals surface area (Å²) in [4.78, 5) is 8.05. The summed E-state index contributed by atoms with van der Waals surface area (Å²) in [6.45, 7) is 0. The van der Waals surface area contributed by atoms with Crippen molar-refractivity contribution in [2.75, 3.05) is 0 Å². The summed E-state index contributed by atoms with van der Waals surface area (Å²) in [7, 11) is 0. The van der Waals surface area contributed by atoms with Gasteiger partial charge in [-0.05, 0) is 24.3 Å². The highest BCUT2D eigenvalue weighted by Crippen LogP contribution is 2.32. The van der Waals surface area contributed by atoms with Crippen LogP contribution in [0.1, 0.15) is 0 Å². The molecule has 6 heteroatoms. The van der Waals surface area contributed by atoms with E-state index in [0.717, 1.165) is 10.4 Å². The molecule has 0 radical (unpaired) electrons. The lowest BCUT2D eigenvalue weighted by Gasteiger charge is -2.01. The van der Waals surface area contributed by atoms with Gasteiger partial charge in [0.15, 0.2) is 5.00 Å². The zero-order valence-corrected chi connectivity index (χ0v) is 10.0. The molecule has 2 aromatic heterocycles. The molecule has 0 unspecified atom stereocenters. The van der Waals surface area contributed by atoms with Crippen molar-refractivity contribution in [3.8, 4) is 5.75 Å². The van der Waals surface area contributed by atoms with Gasteiger partial charge in [0.05, 0.1) is 17.4 Å². The standard InChI is InChI=1S/C12H8N4OS/c17-10-4-3-9(8-2-1-5-14-12(8)10)15-16-11-6-13-7-18-11/h1-7,17H. The van der Waals surface area contributed by atoms with Gasteiger partial charge in [-0.2, -0.15) is 0 Å². The fourth-order valence-electron chi connectivity index (χ4n) is 1.59. The molecule has 0 spiro atoms. The Balaban J connectivity index is 2.10. The molecule has 0 aliphatic rings. The topological polar surface area (TPSA) is 70.7 Å². The van der Waals surface area contributed by atoms with Crippen LogP contribution in [0.15, 0.2) is 52.4 Å². The molecular formula is C12H8N4OS. The number of phenolic OH excluding ortho intramolecular Hbond substituents is 1. The highest BCUT2D eigenvalue weighted by molar-refractivity contribution is 7.13. The molecule has 0 bridgehead atoms. The minimum atomic E-state index is 0.141. The molecule has 5 nitrogen and oxygen atoms in total. The Morgan fingerprint density at radius 3 is 2.94 bits per heavy atom.